The predicted octanol–water partition coefficient (Wildman–Crippen LogP) is 3.10. The van der Waals surface area contributed by atoms with Crippen LogP contribution in [0.5, 0.6) is 0 Å². The highest BCUT2D eigenvalue weighted by atomic mass is 79.9. The van der Waals surface area contributed by atoms with Gasteiger partial charge in [0.1, 0.15) is 0 Å². The molecular weight excluding hydrogens is 298 g/mol. The first kappa shape index (κ1) is 9.21. The zero-order valence-electron chi connectivity index (χ0n) is 6.73. The van der Waals surface area contributed by atoms with Gasteiger partial charge in [0.2, 0.25) is 5.91 Å². The summed E-state index contributed by atoms with van der Waals surface area (Å²) in [6.45, 7) is 0. The van der Waals surface area contributed by atoms with Crippen LogP contribution in [-0.4, -0.2) is 5.91 Å². The maximum atomic E-state index is 11.1. The van der Waals surface area contributed by atoms with E-state index >= 15 is 0 Å². The third kappa shape index (κ3) is 1.79. The molecule has 0 aliphatic carbocycles. The first-order chi connectivity index (χ1) is 6.16. The highest BCUT2D eigenvalue weighted by molar-refractivity contribution is 9.13. The molecule has 0 saturated heterocycles. The molecule has 1 aliphatic heterocycles. The van der Waals surface area contributed by atoms with Crippen molar-refractivity contribution in [1.82, 2.24) is 0 Å². The van der Waals surface area contributed by atoms with Crippen molar-refractivity contribution in [3.05, 3.63) is 26.6 Å². The molecule has 2 rings (SSSR count). The van der Waals surface area contributed by atoms with Crippen molar-refractivity contribution in [3.63, 3.8) is 0 Å². The van der Waals surface area contributed by atoms with Crippen LogP contribution in [-0.2, 0) is 11.2 Å². The molecule has 1 N–H and O–H groups in total. The van der Waals surface area contributed by atoms with Crippen molar-refractivity contribution in [2.45, 2.75) is 12.8 Å². The van der Waals surface area contributed by atoms with Gasteiger partial charge >= 0.3 is 0 Å². The normalized spacial score (nSPS) is 15.1. The molecule has 1 heterocycles. The quantitative estimate of drug-likeness (QED) is 0.784. The Morgan fingerprint density at radius 2 is 1.85 bits per heavy atom. The van der Waals surface area contributed by atoms with Crippen molar-refractivity contribution in [3.8, 4) is 0 Å². The molecule has 0 unspecified atom stereocenters. The number of halogens is 2. The van der Waals surface area contributed by atoms with E-state index in [2.05, 4.69) is 37.2 Å². The number of hydrogen-bond donors (Lipinski definition) is 1. The zero-order valence-corrected chi connectivity index (χ0v) is 9.91. The molecule has 4 heteroatoms. The average molecular weight is 305 g/mol. The lowest BCUT2D eigenvalue weighted by Crippen LogP contribution is -2.18. The molecule has 2 nitrogen and oxygen atoms in total. The lowest BCUT2D eigenvalue weighted by atomic mass is 10.0. The van der Waals surface area contributed by atoms with Crippen LogP contribution in [0, 0.1) is 0 Å². The number of amides is 1. The van der Waals surface area contributed by atoms with Gasteiger partial charge < -0.3 is 5.32 Å². The molecule has 1 aromatic rings. The summed E-state index contributed by atoms with van der Waals surface area (Å²) >= 11 is 6.83. The minimum atomic E-state index is 0.0988. The van der Waals surface area contributed by atoms with Gasteiger partial charge in [-0.2, -0.15) is 0 Å². The Kier molecular flexibility index (Phi) is 2.43. The van der Waals surface area contributed by atoms with Gasteiger partial charge in [-0.05, 0) is 56.0 Å². The molecule has 0 saturated carbocycles. The Bertz CT molecular complexity index is 376. The second-order valence-electron chi connectivity index (χ2n) is 2.97. The molecule has 0 radical (unpaired) electrons. The van der Waals surface area contributed by atoms with Crippen LogP contribution in [0.1, 0.15) is 12.0 Å². The number of anilines is 1. The van der Waals surface area contributed by atoms with Crippen LogP contribution >= 0.6 is 31.9 Å². The van der Waals surface area contributed by atoms with E-state index in [1.807, 2.05) is 12.1 Å². The Morgan fingerprint density at radius 1 is 1.15 bits per heavy atom. The Balaban J connectivity index is 2.49. The maximum Gasteiger partial charge on any atom is 0.224 e. The third-order valence-corrected chi connectivity index (χ3v) is 3.89. The lowest BCUT2D eigenvalue weighted by molar-refractivity contribution is -0.116. The number of carbonyl (C=O) groups is 1. The van der Waals surface area contributed by atoms with E-state index in [1.54, 1.807) is 0 Å². The number of hydrogen-bond acceptors (Lipinski definition) is 1. The predicted molar refractivity (Wildman–Crippen MR) is 58.8 cm³/mol. The van der Waals surface area contributed by atoms with Crippen molar-refractivity contribution < 1.29 is 4.79 Å². The van der Waals surface area contributed by atoms with Crippen LogP contribution in [0.25, 0.3) is 0 Å². The summed E-state index contributed by atoms with van der Waals surface area (Å²) in [6, 6.07) is 3.97. The van der Waals surface area contributed by atoms with E-state index in [1.165, 1.54) is 5.56 Å². The van der Waals surface area contributed by atoms with Crippen LogP contribution in [0.4, 0.5) is 5.69 Å². The highest BCUT2D eigenvalue weighted by Gasteiger charge is 2.15. The topological polar surface area (TPSA) is 29.1 Å². The van der Waals surface area contributed by atoms with Gasteiger partial charge in [0.15, 0.2) is 0 Å². The van der Waals surface area contributed by atoms with E-state index in [9.17, 15) is 4.79 Å². The molecule has 0 atom stereocenters. The van der Waals surface area contributed by atoms with Crippen LogP contribution < -0.4 is 5.32 Å². The summed E-state index contributed by atoms with van der Waals surface area (Å²) in [7, 11) is 0. The summed E-state index contributed by atoms with van der Waals surface area (Å²) in [5.74, 6) is 0.0988. The molecule has 0 spiro atoms. The number of aryl methyl sites for hydroxylation is 1. The van der Waals surface area contributed by atoms with Gasteiger partial charge in [-0.1, -0.05) is 0 Å². The molecular formula is C9H7Br2NO. The minimum absolute atomic E-state index is 0.0988. The molecule has 13 heavy (non-hydrogen) atoms. The van der Waals surface area contributed by atoms with Crippen LogP contribution in [0.3, 0.4) is 0 Å². The second-order valence-corrected chi connectivity index (χ2v) is 4.68. The van der Waals surface area contributed by atoms with Gasteiger partial charge in [0, 0.05) is 21.1 Å². The number of nitrogens with one attached hydrogen (secondary N) is 1. The number of rotatable bonds is 0. The van der Waals surface area contributed by atoms with E-state index in [-0.39, 0.29) is 5.91 Å². The number of carbonyl (C=O) groups excluding carboxylic acids is 1. The number of benzene rings is 1. The van der Waals surface area contributed by atoms with Gasteiger partial charge in [0.25, 0.3) is 0 Å². The number of fused-ring (bicyclic) bond motifs is 1. The molecule has 1 amide bonds. The first-order valence-electron chi connectivity index (χ1n) is 3.94. The third-order valence-electron chi connectivity index (χ3n) is 2.04. The van der Waals surface area contributed by atoms with Gasteiger partial charge in [0.05, 0.1) is 0 Å². The zero-order chi connectivity index (χ0) is 9.42. The van der Waals surface area contributed by atoms with E-state index in [0.717, 1.165) is 21.1 Å². The smallest absolute Gasteiger partial charge is 0.224 e. The molecule has 0 bridgehead atoms. The lowest BCUT2D eigenvalue weighted by Gasteiger charge is -2.17. The summed E-state index contributed by atoms with van der Waals surface area (Å²) in [5, 5.41) is 2.84. The second kappa shape index (κ2) is 3.42. The van der Waals surface area contributed by atoms with Crippen LogP contribution in [0.15, 0.2) is 21.1 Å². The Labute approximate surface area is 93.0 Å². The fourth-order valence-corrected chi connectivity index (χ4v) is 2.11. The minimum Gasteiger partial charge on any atom is -0.326 e. The van der Waals surface area contributed by atoms with E-state index in [4.69, 9.17) is 0 Å². The summed E-state index contributed by atoms with van der Waals surface area (Å²) < 4.78 is 2.00. The van der Waals surface area contributed by atoms with Crippen molar-refractivity contribution in [2.24, 2.45) is 0 Å². The molecule has 1 aromatic carbocycles. The van der Waals surface area contributed by atoms with Gasteiger partial charge in [-0.3, -0.25) is 4.79 Å². The first-order valence-corrected chi connectivity index (χ1v) is 5.53. The Hall–Kier alpha value is -0.350. The molecule has 1 aliphatic rings. The largest absolute Gasteiger partial charge is 0.326 e. The van der Waals surface area contributed by atoms with E-state index in [0.29, 0.717) is 6.42 Å². The van der Waals surface area contributed by atoms with Crippen molar-refractivity contribution in [2.75, 3.05) is 5.32 Å². The summed E-state index contributed by atoms with van der Waals surface area (Å²) in [4.78, 5) is 11.1. The fraction of sp³-hybridized carbons (Fsp3) is 0.222. The van der Waals surface area contributed by atoms with E-state index < -0.39 is 0 Å². The molecule has 68 valence electrons. The molecule has 0 aromatic heterocycles. The van der Waals surface area contributed by atoms with Gasteiger partial charge in [-0.15, -0.1) is 0 Å². The Morgan fingerprint density at radius 3 is 2.62 bits per heavy atom. The SMILES string of the molecule is O=C1CCc2cc(Br)c(Br)cc2N1. The summed E-state index contributed by atoms with van der Waals surface area (Å²) in [5.41, 5.74) is 2.11. The highest BCUT2D eigenvalue weighted by Crippen LogP contribution is 2.32. The van der Waals surface area contributed by atoms with Crippen LogP contribution in [0.2, 0.25) is 0 Å². The van der Waals surface area contributed by atoms with Crippen molar-refractivity contribution in [1.29, 1.82) is 0 Å². The molecule has 0 fully saturated rings. The summed E-state index contributed by atoms with van der Waals surface area (Å²) in [6.07, 6.45) is 1.41. The standard InChI is InChI=1S/C9H7Br2NO/c10-6-3-5-1-2-9(13)12-8(5)4-7(6)11/h3-4H,1-2H2,(H,12,13). The maximum absolute atomic E-state index is 11.1. The van der Waals surface area contributed by atoms with Gasteiger partial charge in [-0.25, -0.2) is 0 Å². The monoisotopic (exact) mass is 303 g/mol. The fourth-order valence-electron chi connectivity index (χ4n) is 1.37. The average Bonchev–Trinajstić information content (AvgIpc) is 2.08. The van der Waals surface area contributed by atoms with Crippen molar-refractivity contribution >= 4 is 43.5 Å².